The Labute approximate surface area is 206 Å². The summed E-state index contributed by atoms with van der Waals surface area (Å²) in [7, 11) is 1.78. The quantitative estimate of drug-likeness (QED) is 0.384. The van der Waals surface area contributed by atoms with E-state index in [-0.39, 0.29) is 23.8 Å². The van der Waals surface area contributed by atoms with E-state index in [9.17, 15) is 9.59 Å². The summed E-state index contributed by atoms with van der Waals surface area (Å²) in [5, 5.41) is 18.6. The molecule has 0 saturated heterocycles. The van der Waals surface area contributed by atoms with Gasteiger partial charge in [0, 0.05) is 19.8 Å². The molecule has 0 atom stereocenters. The average molecular weight is 497 g/mol. The molecule has 0 spiro atoms. The zero-order valence-electron chi connectivity index (χ0n) is 19.7. The van der Waals surface area contributed by atoms with Gasteiger partial charge in [0.2, 0.25) is 0 Å². The first kappa shape index (κ1) is 24.0. The number of amides is 2. The van der Waals surface area contributed by atoms with E-state index in [0.29, 0.717) is 23.0 Å². The van der Waals surface area contributed by atoms with Crippen molar-refractivity contribution in [3.63, 3.8) is 0 Å². The van der Waals surface area contributed by atoms with Crippen LogP contribution in [0.4, 0.5) is 11.4 Å². The predicted octanol–water partition coefficient (Wildman–Crippen LogP) is 3.64. The Bertz CT molecular complexity index is 1390. The average Bonchev–Trinajstić information content (AvgIpc) is 3.55. The third kappa shape index (κ3) is 5.19. The van der Waals surface area contributed by atoms with Crippen LogP contribution < -0.4 is 15.4 Å². The summed E-state index contributed by atoms with van der Waals surface area (Å²) in [6.45, 7) is 6.15. The molecule has 0 unspecified atom stereocenters. The number of aryl methyl sites for hydroxylation is 3. The summed E-state index contributed by atoms with van der Waals surface area (Å²) < 4.78 is 10.4. The van der Waals surface area contributed by atoms with Crippen LogP contribution in [0.25, 0.3) is 0 Å². The number of nitrogens with zero attached hydrogens (tertiary/aromatic N) is 6. The molecule has 0 aliphatic rings. The van der Waals surface area contributed by atoms with Crippen LogP contribution in [-0.2, 0) is 20.3 Å². The van der Waals surface area contributed by atoms with Crippen LogP contribution in [0.15, 0.2) is 42.9 Å². The Morgan fingerprint density at radius 3 is 2.51 bits per heavy atom. The number of rotatable bonds is 8. The Morgan fingerprint density at radius 1 is 1.06 bits per heavy atom. The molecule has 2 N–H and O–H groups in total. The number of nitrogens with one attached hydrogen (secondary N) is 2. The lowest BCUT2D eigenvalue weighted by Crippen LogP contribution is -2.21. The zero-order valence-corrected chi connectivity index (χ0v) is 20.5. The van der Waals surface area contributed by atoms with Gasteiger partial charge in [-0.3, -0.25) is 19.0 Å². The van der Waals surface area contributed by atoms with E-state index >= 15 is 0 Å². The van der Waals surface area contributed by atoms with Crippen molar-refractivity contribution >= 4 is 34.8 Å². The molecule has 0 radical (unpaired) electrons. The lowest BCUT2D eigenvalue weighted by atomic mass is 10.2. The topological polar surface area (TPSA) is 121 Å². The summed E-state index contributed by atoms with van der Waals surface area (Å²) >= 11 is 6.16. The predicted molar refractivity (Wildman–Crippen MR) is 131 cm³/mol. The fourth-order valence-corrected chi connectivity index (χ4v) is 3.53. The van der Waals surface area contributed by atoms with Gasteiger partial charge in [-0.25, -0.2) is 4.68 Å². The van der Waals surface area contributed by atoms with Crippen molar-refractivity contribution in [3.05, 3.63) is 70.5 Å². The summed E-state index contributed by atoms with van der Waals surface area (Å²) in [6, 6.07) is 7.02. The number of ether oxygens (including phenoxy) is 1. The van der Waals surface area contributed by atoms with Gasteiger partial charge in [0.25, 0.3) is 11.8 Å². The molecular formula is C23H25ClN8O3. The van der Waals surface area contributed by atoms with Gasteiger partial charge in [0.15, 0.2) is 12.4 Å². The van der Waals surface area contributed by atoms with E-state index in [2.05, 4.69) is 25.9 Å². The second-order valence-corrected chi connectivity index (χ2v) is 8.25. The summed E-state index contributed by atoms with van der Waals surface area (Å²) in [5.41, 5.74) is 3.03. The highest BCUT2D eigenvalue weighted by atomic mass is 35.5. The molecule has 0 saturated carbocycles. The van der Waals surface area contributed by atoms with Crippen molar-refractivity contribution in [3.8, 4) is 5.75 Å². The van der Waals surface area contributed by atoms with Crippen LogP contribution in [0.2, 0.25) is 5.02 Å². The van der Waals surface area contributed by atoms with E-state index < -0.39 is 11.8 Å². The van der Waals surface area contributed by atoms with Gasteiger partial charge in [0.05, 0.1) is 34.5 Å². The molecule has 0 aliphatic heterocycles. The van der Waals surface area contributed by atoms with Crippen molar-refractivity contribution in [2.75, 3.05) is 10.6 Å². The fraction of sp³-hybridized carbons (Fsp3) is 0.261. The molecule has 0 aliphatic carbocycles. The molecule has 12 heteroatoms. The second-order valence-electron chi connectivity index (χ2n) is 7.85. The summed E-state index contributed by atoms with van der Waals surface area (Å²) in [5.74, 6) is -0.371. The maximum Gasteiger partial charge on any atom is 0.276 e. The molecule has 2 amide bonds. The van der Waals surface area contributed by atoms with Gasteiger partial charge in [-0.2, -0.15) is 15.3 Å². The number of halogens is 1. The minimum absolute atomic E-state index is 0.0718. The molecular weight excluding hydrogens is 472 g/mol. The number of hydrogen-bond acceptors (Lipinski definition) is 6. The van der Waals surface area contributed by atoms with Gasteiger partial charge < -0.3 is 15.4 Å². The highest BCUT2D eigenvalue weighted by molar-refractivity contribution is 6.32. The number of benzene rings is 1. The molecule has 0 fully saturated rings. The lowest BCUT2D eigenvalue weighted by molar-refractivity contribution is 0.101. The number of carbonyl (C=O) groups is 2. The maximum atomic E-state index is 13.0. The van der Waals surface area contributed by atoms with Gasteiger partial charge in [-0.1, -0.05) is 17.7 Å². The smallest absolute Gasteiger partial charge is 0.276 e. The van der Waals surface area contributed by atoms with Crippen LogP contribution >= 0.6 is 11.6 Å². The monoisotopic (exact) mass is 496 g/mol. The molecule has 3 heterocycles. The Kier molecular flexibility index (Phi) is 6.87. The molecule has 4 aromatic rings. The molecule has 3 aromatic heterocycles. The van der Waals surface area contributed by atoms with Crippen LogP contribution in [0.1, 0.15) is 39.2 Å². The van der Waals surface area contributed by atoms with Gasteiger partial charge in [-0.15, -0.1) is 0 Å². The van der Waals surface area contributed by atoms with Crippen LogP contribution in [0, 0.1) is 13.8 Å². The van der Waals surface area contributed by atoms with Crippen molar-refractivity contribution in [2.45, 2.75) is 34.0 Å². The molecule has 0 bridgehead atoms. The molecule has 182 valence electrons. The van der Waals surface area contributed by atoms with Crippen LogP contribution in [0.5, 0.6) is 5.75 Å². The third-order valence-corrected chi connectivity index (χ3v) is 5.71. The van der Waals surface area contributed by atoms with Gasteiger partial charge in [0.1, 0.15) is 11.4 Å². The maximum absolute atomic E-state index is 13.0. The van der Waals surface area contributed by atoms with Crippen LogP contribution in [-0.4, -0.2) is 41.2 Å². The fourth-order valence-electron chi connectivity index (χ4n) is 3.36. The SMILES string of the molecule is CCn1ncc(NC(=O)c2ccn(COc3cc(C)ccc3Cl)n2)c1C(=O)Nc1cnn(C)c1C. The van der Waals surface area contributed by atoms with Gasteiger partial charge >= 0.3 is 0 Å². The second kappa shape index (κ2) is 10.0. The van der Waals surface area contributed by atoms with Crippen molar-refractivity contribution in [1.29, 1.82) is 0 Å². The highest BCUT2D eigenvalue weighted by Gasteiger charge is 2.22. The molecule has 11 nitrogen and oxygen atoms in total. The van der Waals surface area contributed by atoms with E-state index in [4.69, 9.17) is 16.3 Å². The number of aromatic nitrogens is 6. The first-order chi connectivity index (χ1) is 16.8. The van der Waals surface area contributed by atoms with E-state index in [1.165, 1.54) is 15.6 Å². The molecule has 35 heavy (non-hydrogen) atoms. The van der Waals surface area contributed by atoms with Gasteiger partial charge in [-0.05, 0) is 44.5 Å². The zero-order chi connectivity index (χ0) is 25.1. The van der Waals surface area contributed by atoms with E-state index in [0.717, 1.165) is 11.3 Å². The van der Waals surface area contributed by atoms with Crippen molar-refractivity contribution < 1.29 is 14.3 Å². The standard InChI is InChI=1S/C23H25ClN8O3/c1-5-32-21(23(34)27-18-11-25-30(4)15(18)3)19(12-26-32)28-22(33)17-8-9-31(29-17)13-35-20-10-14(2)6-7-16(20)24/h6-12H,5,13H2,1-4H3,(H,27,34)(H,28,33). The summed E-state index contributed by atoms with van der Waals surface area (Å²) in [6.07, 6.45) is 4.62. The van der Waals surface area contributed by atoms with E-state index in [1.54, 1.807) is 36.3 Å². The van der Waals surface area contributed by atoms with E-state index in [1.807, 2.05) is 32.9 Å². The lowest BCUT2D eigenvalue weighted by Gasteiger charge is -2.10. The molecule has 4 rings (SSSR count). The number of carbonyl (C=O) groups excluding carboxylic acids is 2. The highest BCUT2D eigenvalue weighted by Crippen LogP contribution is 2.25. The first-order valence-electron chi connectivity index (χ1n) is 10.9. The van der Waals surface area contributed by atoms with Crippen molar-refractivity contribution in [2.24, 2.45) is 7.05 Å². The molecule has 1 aromatic carbocycles. The number of anilines is 2. The normalized spacial score (nSPS) is 10.9. The Morgan fingerprint density at radius 2 is 1.80 bits per heavy atom. The van der Waals surface area contributed by atoms with Crippen LogP contribution in [0.3, 0.4) is 0 Å². The minimum Gasteiger partial charge on any atom is -0.470 e. The summed E-state index contributed by atoms with van der Waals surface area (Å²) in [4.78, 5) is 25.9. The Hall–Kier alpha value is -4.12. The Balaban J connectivity index is 1.46. The minimum atomic E-state index is -0.486. The largest absolute Gasteiger partial charge is 0.470 e. The number of hydrogen-bond donors (Lipinski definition) is 2. The third-order valence-electron chi connectivity index (χ3n) is 5.40. The van der Waals surface area contributed by atoms with Crippen molar-refractivity contribution in [1.82, 2.24) is 29.3 Å². The first-order valence-corrected chi connectivity index (χ1v) is 11.2.